The summed E-state index contributed by atoms with van der Waals surface area (Å²) in [7, 11) is -4.07. The Morgan fingerprint density at radius 3 is 2.63 bits per heavy atom. The zero-order valence-corrected chi connectivity index (χ0v) is 19.4. The van der Waals surface area contributed by atoms with Gasteiger partial charge < -0.3 is 15.1 Å². The SMILES string of the molecule is Cc1ccc(S(=O)(=O)n2cc(C(=O)O)c3nc(N4CCCC4c4cc(F)cnc4O)ccc32)cc1. The number of benzene rings is 1. The van der Waals surface area contributed by atoms with Crippen molar-refractivity contribution < 1.29 is 27.8 Å². The minimum absolute atomic E-state index is 0.0120. The monoisotopic (exact) mass is 496 g/mol. The number of hydrogen-bond acceptors (Lipinski definition) is 7. The highest BCUT2D eigenvalue weighted by Crippen LogP contribution is 2.39. The van der Waals surface area contributed by atoms with Gasteiger partial charge in [-0.25, -0.2) is 31.5 Å². The molecule has 1 atom stereocenters. The van der Waals surface area contributed by atoms with Crippen LogP contribution in [-0.2, 0) is 10.0 Å². The first kappa shape index (κ1) is 22.8. The summed E-state index contributed by atoms with van der Waals surface area (Å²) in [5, 5.41) is 20.0. The molecule has 1 aliphatic rings. The van der Waals surface area contributed by atoms with Crippen molar-refractivity contribution in [1.82, 2.24) is 13.9 Å². The van der Waals surface area contributed by atoms with Crippen LogP contribution in [0.1, 0.15) is 40.4 Å². The molecule has 0 bridgehead atoms. The van der Waals surface area contributed by atoms with Gasteiger partial charge in [0.25, 0.3) is 10.0 Å². The third-order valence-electron chi connectivity index (χ3n) is 6.17. The van der Waals surface area contributed by atoms with Crippen LogP contribution in [-0.4, -0.2) is 45.1 Å². The Balaban J connectivity index is 1.63. The number of aromatic carboxylic acids is 1. The smallest absolute Gasteiger partial charge is 0.339 e. The van der Waals surface area contributed by atoms with E-state index in [1.54, 1.807) is 18.2 Å². The normalized spacial score (nSPS) is 16.2. The van der Waals surface area contributed by atoms with E-state index in [0.717, 1.165) is 28.4 Å². The van der Waals surface area contributed by atoms with Gasteiger partial charge in [0.1, 0.15) is 22.7 Å². The summed E-state index contributed by atoms with van der Waals surface area (Å²) in [6.07, 6.45) is 3.32. The minimum Gasteiger partial charge on any atom is -0.493 e. The molecule has 1 aromatic carbocycles. The highest BCUT2D eigenvalue weighted by molar-refractivity contribution is 7.90. The molecule has 1 fully saturated rings. The van der Waals surface area contributed by atoms with Crippen molar-refractivity contribution in [2.45, 2.75) is 30.7 Å². The molecule has 11 heteroatoms. The first-order valence-corrected chi connectivity index (χ1v) is 12.3. The summed E-state index contributed by atoms with van der Waals surface area (Å²) in [6, 6.07) is 10.2. The quantitative estimate of drug-likeness (QED) is 0.427. The van der Waals surface area contributed by atoms with Gasteiger partial charge in [-0.2, -0.15) is 0 Å². The van der Waals surface area contributed by atoms with Crippen LogP contribution in [0, 0.1) is 12.7 Å². The molecule has 4 heterocycles. The Labute approximate surface area is 200 Å². The van der Waals surface area contributed by atoms with E-state index in [1.165, 1.54) is 24.3 Å². The molecule has 0 aliphatic carbocycles. The Hall–Kier alpha value is -3.99. The fraction of sp³-hybridized carbons (Fsp3) is 0.208. The van der Waals surface area contributed by atoms with E-state index in [2.05, 4.69) is 9.97 Å². The molecular formula is C24H21FN4O5S. The lowest BCUT2D eigenvalue weighted by atomic mass is 10.1. The maximum Gasteiger partial charge on any atom is 0.339 e. The van der Waals surface area contributed by atoms with Gasteiger partial charge >= 0.3 is 5.97 Å². The highest BCUT2D eigenvalue weighted by Gasteiger charge is 2.31. The number of aryl methyl sites for hydroxylation is 1. The first-order chi connectivity index (χ1) is 16.7. The molecule has 1 unspecified atom stereocenters. The molecule has 180 valence electrons. The Kier molecular flexibility index (Phi) is 5.43. The molecule has 1 aliphatic heterocycles. The molecule has 1 saturated heterocycles. The average Bonchev–Trinajstić information content (AvgIpc) is 3.46. The predicted octanol–water partition coefficient (Wildman–Crippen LogP) is 3.86. The average molecular weight is 497 g/mol. The topological polar surface area (TPSA) is 126 Å². The van der Waals surface area contributed by atoms with E-state index in [-0.39, 0.29) is 27.4 Å². The number of nitrogens with zero attached hydrogens (tertiary/aromatic N) is 4. The van der Waals surface area contributed by atoms with Crippen molar-refractivity contribution in [1.29, 1.82) is 0 Å². The van der Waals surface area contributed by atoms with Crippen LogP contribution < -0.4 is 4.90 Å². The van der Waals surface area contributed by atoms with Gasteiger partial charge in [-0.05, 0) is 50.1 Å². The summed E-state index contributed by atoms with van der Waals surface area (Å²) >= 11 is 0. The van der Waals surface area contributed by atoms with E-state index < -0.39 is 27.9 Å². The fourth-order valence-electron chi connectivity index (χ4n) is 4.46. The second-order valence-electron chi connectivity index (χ2n) is 8.42. The van der Waals surface area contributed by atoms with E-state index in [9.17, 15) is 27.8 Å². The summed E-state index contributed by atoms with van der Waals surface area (Å²) in [4.78, 5) is 22.0. The number of aromatic nitrogens is 3. The standard InChI is InChI=1S/C24H21FN4O5S/c1-14-4-6-16(7-5-14)35(33,34)29-13-18(24(31)32)22-20(29)8-9-21(27-22)28-10-2-3-19(28)17-11-15(25)12-26-23(17)30/h4-9,11-13,19H,2-3,10H2,1H3,(H,26,30)(H,31,32). The molecule has 0 radical (unpaired) electrons. The van der Waals surface area contributed by atoms with Gasteiger partial charge in [-0.1, -0.05) is 17.7 Å². The van der Waals surface area contributed by atoms with Crippen molar-refractivity contribution >= 4 is 32.8 Å². The van der Waals surface area contributed by atoms with Crippen LogP contribution in [0.3, 0.4) is 0 Å². The number of anilines is 1. The number of hydrogen-bond donors (Lipinski definition) is 2. The Morgan fingerprint density at radius 2 is 1.91 bits per heavy atom. The van der Waals surface area contributed by atoms with E-state index >= 15 is 0 Å². The zero-order chi connectivity index (χ0) is 24.9. The molecule has 0 saturated carbocycles. The maximum absolute atomic E-state index is 13.8. The van der Waals surface area contributed by atoms with Crippen molar-refractivity contribution in [2.75, 3.05) is 11.4 Å². The van der Waals surface area contributed by atoms with Gasteiger partial charge in [0, 0.05) is 18.3 Å². The number of carbonyl (C=O) groups is 1. The van der Waals surface area contributed by atoms with Crippen molar-refractivity contribution in [3.8, 4) is 5.88 Å². The first-order valence-electron chi connectivity index (χ1n) is 10.9. The van der Waals surface area contributed by atoms with Gasteiger partial charge in [0.2, 0.25) is 5.88 Å². The number of halogens is 1. The van der Waals surface area contributed by atoms with Crippen LogP contribution in [0.5, 0.6) is 5.88 Å². The van der Waals surface area contributed by atoms with E-state index in [0.29, 0.717) is 24.3 Å². The van der Waals surface area contributed by atoms with E-state index in [1.807, 2.05) is 11.8 Å². The maximum atomic E-state index is 13.8. The van der Waals surface area contributed by atoms with Crippen LogP contribution in [0.25, 0.3) is 11.0 Å². The summed E-state index contributed by atoms with van der Waals surface area (Å²) in [5.41, 5.74) is 1.07. The van der Waals surface area contributed by atoms with Crippen LogP contribution in [0.2, 0.25) is 0 Å². The fourth-order valence-corrected chi connectivity index (χ4v) is 5.82. The van der Waals surface area contributed by atoms with Crippen LogP contribution in [0.4, 0.5) is 10.2 Å². The third-order valence-corrected chi connectivity index (χ3v) is 7.86. The van der Waals surface area contributed by atoms with Gasteiger partial charge in [-0.15, -0.1) is 0 Å². The highest BCUT2D eigenvalue weighted by atomic mass is 32.2. The van der Waals surface area contributed by atoms with Crippen molar-refractivity contribution in [3.05, 3.63) is 77.4 Å². The molecular weight excluding hydrogens is 475 g/mol. The lowest BCUT2D eigenvalue weighted by molar-refractivity contribution is 0.0699. The largest absolute Gasteiger partial charge is 0.493 e. The number of carboxylic acids is 1. The number of fused-ring (bicyclic) bond motifs is 1. The van der Waals surface area contributed by atoms with Crippen molar-refractivity contribution in [3.63, 3.8) is 0 Å². The predicted molar refractivity (Wildman–Crippen MR) is 126 cm³/mol. The van der Waals surface area contributed by atoms with Crippen LogP contribution >= 0.6 is 0 Å². The lowest BCUT2D eigenvalue weighted by Gasteiger charge is -2.26. The molecule has 0 spiro atoms. The lowest BCUT2D eigenvalue weighted by Crippen LogP contribution is -2.24. The molecule has 9 nitrogen and oxygen atoms in total. The number of pyridine rings is 2. The summed E-state index contributed by atoms with van der Waals surface area (Å²) in [5.74, 6) is -1.80. The second-order valence-corrected chi connectivity index (χ2v) is 10.2. The van der Waals surface area contributed by atoms with Crippen LogP contribution in [0.15, 0.2) is 59.8 Å². The van der Waals surface area contributed by atoms with Gasteiger partial charge in [0.05, 0.1) is 22.7 Å². The molecule has 4 aromatic rings. The van der Waals surface area contributed by atoms with Gasteiger partial charge in [-0.3, -0.25) is 0 Å². The molecule has 0 amide bonds. The van der Waals surface area contributed by atoms with E-state index in [4.69, 9.17) is 0 Å². The van der Waals surface area contributed by atoms with Crippen molar-refractivity contribution in [2.24, 2.45) is 0 Å². The zero-order valence-electron chi connectivity index (χ0n) is 18.6. The Morgan fingerprint density at radius 1 is 1.17 bits per heavy atom. The molecule has 3 aromatic heterocycles. The molecule has 5 rings (SSSR count). The number of aromatic hydroxyl groups is 1. The number of rotatable bonds is 5. The molecule has 2 N–H and O–H groups in total. The third kappa shape index (κ3) is 3.87. The minimum atomic E-state index is -4.07. The number of carboxylic acid groups (broad SMARTS) is 1. The Bertz CT molecular complexity index is 1570. The second kappa shape index (κ2) is 8.35. The summed E-state index contributed by atoms with van der Waals surface area (Å²) < 4.78 is 41.4. The summed E-state index contributed by atoms with van der Waals surface area (Å²) in [6.45, 7) is 2.37. The van der Waals surface area contributed by atoms with Gasteiger partial charge in [0.15, 0.2) is 0 Å². The molecule has 35 heavy (non-hydrogen) atoms.